The van der Waals surface area contributed by atoms with Crippen LogP contribution in [-0.4, -0.2) is 31.5 Å². The SMILES string of the molecule is COc1ccc(C2OCC[C@@H](CO)O2)cc1. The van der Waals surface area contributed by atoms with Crippen LogP contribution < -0.4 is 4.74 Å². The molecule has 1 heterocycles. The van der Waals surface area contributed by atoms with Crippen molar-refractivity contribution in [1.82, 2.24) is 0 Å². The van der Waals surface area contributed by atoms with Crippen molar-refractivity contribution in [2.24, 2.45) is 0 Å². The van der Waals surface area contributed by atoms with Crippen LogP contribution in [0, 0.1) is 0 Å². The third-order valence-corrected chi connectivity index (χ3v) is 2.62. The van der Waals surface area contributed by atoms with Gasteiger partial charge in [-0.05, 0) is 18.6 Å². The lowest BCUT2D eigenvalue weighted by atomic mass is 10.2. The van der Waals surface area contributed by atoms with Gasteiger partial charge in [-0.25, -0.2) is 0 Å². The highest BCUT2D eigenvalue weighted by atomic mass is 16.7. The number of hydrogen-bond donors (Lipinski definition) is 1. The molecule has 4 nitrogen and oxygen atoms in total. The molecular formula is C12H16O4. The summed E-state index contributed by atoms with van der Waals surface area (Å²) in [7, 11) is 1.63. The fourth-order valence-corrected chi connectivity index (χ4v) is 1.66. The monoisotopic (exact) mass is 224 g/mol. The van der Waals surface area contributed by atoms with Crippen molar-refractivity contribution in [3.8, 4) is 5.75 Å². The standard InChI is InChI=1S/C12H16O4/c1-14-10-4-2-9(3-5-10)12-15-7-6-11(8-13)16-12/h2-5,11-13H,6-8H2,1H3/t11-,12?/m0/s1. The molecule has 4 heteroatoms. The first-order chi connectivity index (χ1) is 7.83. The summed E-state index contributed by atoms with van der Waals surface area (Å²) in [6, 6.07) is 7.54. The maximum Gasteiger partial charge on any atom is 0.184 e. The predicted molar refractivity (Wildman–Crippen MR) is 58.3 cm³/mol. The first-order valence-electron chi connectivity index (χ1n) is 5.35. The van der Waals surface area contributed by atoms with Gasteiger partial charge in [-0.2, -0.15) is 0 Å². The summed E-state index contributed by atoms with van der Waals surface area (Å²) < 4.78 is 16.2. The van der Waals surface area contributed by atoms with Gasteiger partial charge in [0.1, 0.15) is 5.75 Å². The normalized spacial score (nSPS) is 25.4. The lowest BCUT2D eigenvalue weighted by molar-refractivity contribution is -0.224. The molecule has 1 aromatic carbocycles. The van der Waals surface area contributed by atoms with E-state index in [1.807, 2.05) is 24.3 Å². The van der Waals surface area contributed by atoms with Crippen LogP contribution in [0.1, 0.15) is 18.3 Å². The van der Waals surface area contributed by atoms with E-state index in [0.717, 1.165) is 17.7 Å². The molecule has 1 saturated heterocycles. The van der Waals surface area contributed by atoms with Gasteiger partial charge in [-0.1, -0.05) is 12.1 Å². The largest absolute Gasteiger partial charge is 0.497 e. The van der Waals surface area contributed by atoms with Crippen LogP contribution in [0.4, 0.5) is 0 Å². The molecule has 88 valence electrons. The molecule has 0 amide bonds. The minimum absolute atomic E-state index is 0.0377. The average molecular weight is 224 g/mol. The molecule has 1 N–H and O–H groups in total. The van der Waals surface area contributed by atoms with Crippen molar-refractivity contribution < 1.29 is 19.3 Å². The van der Waals surface area contributed by atoms with E-state index in [1.54, 1.807) is 7.11 Å². The molecule has 0 bridgehead atoms. The number of rotatable bonds is 3. The zero-order chi connectivity index (χ0) is 11.4. The molecule has 1 aromatic rings. The predicted octanol–water partition coefficient (Wildman–Crippen LogP) is 1.49. The topological polar surface area (TPSA) is 47.9 Å². The van der Waals surface area contributed by atoms with Gasteiger partial charge < -0.3 is 19.3 Å². The highest BCUT2D eigenvalue weighted by Crippen LogP contribution is 2.27. The van der Waals surface area contributed by atoms with Gasteiger partial charge >= 0.3 is 0 Å². The molecule has 2 atom stereocenters. The Morgan fingerprint density at radius 3 is 2.75 bits per heavy atom. The number of aliphatic hydroxyl groups is 1. The summed E-state index contributed by atoms with van der Waals surface area (Å²) in [6.07, 6.45) is 0.237. The van der Waals surface area contributed by atoms with Crippen LogP contribution in [0.3, 0.4) is 0 Å². The van der Waals surface area contributed by atoms with Crippen LogP contribution >= 0.6 is 0 Å². The first-order valence-corrected chi connectivity index (χ1v) is 5.35. The third-order valence-electron chi connectivity index (χ3n) is 2.62. The minimum atomic E-state index is -0.378. The molecule has 0 aliphatic carbocycles. The van der Waals surface area contributed by atoms with E-state index >= 15 is 0 Å². The summed E-state index contributed by atoms with van der Waals surface area (Å²) in [6.45, 7) is 0.651. The van der Waals surface area contributed by atoms with E-state index in [4.69, 9.17) is 19.3 Å². The zero-order valence-corrected chi connectivity index (χ0v) is 9.26. The molecule has 0 spiro atoms. The Morgan fingerprint density at radius 2 is 2.12 bits per heavy atom. The molecular weight excluding hydrogens is 208 g/mol. The van der Waals surface area contributed by atoms with Crippen LogP contribution in [0.15, 0.2) is 24.3 Å². The summed E-state index contributed by atoms with van der Waals surface area (Å²) in [5, 5.41) is 9.04. The quantitative estimate of drug-likeness (QED) is 0.845. The summed E-state index contributed by atoms with van der Waals surface area (Å²) in [4.78, 5) is 0. The molecule has 0 saturated carbocycles. The summed E-state index contributed by atoms with van der Waals surface area (Å²) in [5.74, 6) is 0.804. The second kappa shape index (κ2) is 5.30. The van der Waals surface area contributed by atoms with Gasteiger partial charge in [0.25, 0.3) is 0 Å². The summed E-state index contributed by atoms with van der Waals surface area (Å²) >= 11 is 0. The highest BCUT2D eigenvalue weighted by Gasteiger charge is 2.23. The average Bonchev–Trinajstić information content (AvgIpc) is 2.39. The van der Waals surface area contributed by atoms with Gasteiger partial charge in [-0.15, -0.1) is 0 Å². The highest BCUT2D eigenvalue weighted by molar-refractivity contribution is 5.27. The van der Waals surface area contributed by atoms with Crippen molar-refractivity contribution in [2.75, 3.05) is 20.3 Å². The van der Waals surface area contributed by atoms with E-state index in [1.165, 1.54) is 0 Å². The van der Waals surface area contributed by atoms with Gasteiger partial charge in [-0.3, -0.25) is 0 Å². The second-order valence-corrected chi connectivity index (χ2v) is 3.71. The molecule has 16 heavy (non-hydrogen) atoms. The fraction of sp³-hybridized carbons (Fsp3) is 0.500. The van der Waals surface area contributed by atoms with Gasteiger partial charge in [0.2, 0.25) is 0 Å². The van der Waals surface area contributed by atoms with E-state index in [0.29, 0.717) is 6.61 Å². The Kier molecular flexibility index (Phi) is 3.77. The first kappa shape index (κ1) is 11.4. The number of methoxy groups -OCH3 is 1. The molecule has 1 unspecified atom stereocenters. The molecule has 1 fully saturated rings. The molecule has 2 rings (SSSR count). The van der Waals surface area contributed by atoms with Crippen LogP contribution in [-0.2, 0) is 9.47 Å². The van der Waals surface area contributed by atoms with Crippen molar-refractivity contribution in [1.29, 1.82) is 0 Å². The minimum Gasteiger partial charge on any atom is -0.497 e. The van der Waals surface area contributed by atoms with Crippen molar-refractivity contribution in [3.05, 3.63) is 29.8 Å². The van der Waals surface area contributed by atoms with Gasteiger partial charge in [0.05, 0.1) is 26.4 Å². The number of benzene rings is 1. The number of hydrogen-bond acceptors (Lipinski definition) is 4. The lowest BCUT2D eigenvalue weighted by Crippen LogP contribution is -2.29. The van der Waals surface area contributed by atoms with E-state index in [9.17, 15) is 0 Å². The second-order valence-electron chi connectivity index (χ2n) is 3.71. The third kappa shape index (κ3) is 2.52. The Labute approximate surface area is 94.8 Å². The van der Waals surface area contributed by atoms with E-state index < -0.39 is 0 Å². The Balaban J connectivity index is 2.05. The zero-order valence-electron chi connectivity index (χ0n) is 9.26. The van der Waals surface area contributed by atoms with Gasteiger partial charge in [0, 0.05) is 5.56 Å². The van der Waals surface area contributed by atoms with Crippen molar-refractivity contribution in [3.63, 3.8) is 0 Å². The smallest absolute Gasteiger partial charge is 0.184 e. The molecule has 1 aliphatic rings. The van der Waals surface area contributed by atoms with Gasteiger partial charge in [0.15, 0.2) is 6.29 Å². The van der Waals surface area contributed by atoms with Crippen LogP contribution in [0.2, 0.25) is 0 Å². The molecule has 1 aliphatic heterocycles. The Hall–Kier alpha value is -1.10. The maximum absolute atomic E-state index is 9.04. The summed E-state index contributed by atoms with van der Waals surface area (Å²) in [5.41, 5.74) is 0.943. The fourth-order valence-electron chi connectivity index (χ4n) is 1.66. The van der Waals surface area contributed by atoms with Crippen molar-refractivity contribution >= 4 is 0 Å². The maximum atomic E-state index is 9.04. The number of ether oxygens (including phenoxy) is 3. The molecule has 0 radical (unpaired) electrons. The van der Waals surface area contributed by atoms with Crippen LogP contribution in [0.25, 0.3) is 0 Å². The number of aliphatic hydroxyl groups excluding tert-OH is 1. The van der Waals surface area contributed by atoms with Crippen LogP contribution in [0.5, 0.6) is 5.75 Å². The molecule has 0 aromatic heterocycles. The van der Waals surface area contributed by atoms with Crippen molar-refractivity contribution in [2.45, 2.75) is 18.8 Å². The van der Waals surface area contributed by atoms with E-state index in [2.05, 4.69) is 0 Å². The Morgan fingerprint density at radius 1 is 1.38 bits per heavy atom. The van der Waals surface area contributed by atoms with E-state index in [-0.39, 0.29) is 19.0 Å². The lowest BCUT2D eigenvalue weighted by Gasteiger charge is -2.29. The Bertz CT molecular complexity index is 322.